The van der Waals surface area contributed by atoms with Crippen LogP contribution in [-0.2, 0) is 16.2 Å². The van der Waals surface area contributed by atoms with Crippen molar-refractivity contribution in [1.29, 1.82) is 5.26 Å². The molecule has 1 N–H and O–H groups in total. The van der Waals surface area contributed by atoms with E-state index in [0.717, 1.165) is 10.9 Å². The zero-order valence-corrected chi connectivity index (χ0v) is 17.4. The molecule has 2 rings (SSSR count). The summed E-state index contributed by atoms with van der Waals surface area (Å²) in [5.41, 5.74) is -1.95. The second-order valence-electron chi connectivity index (χ2n) is 5.94. The molecule has 1 aromatic heterocycles. The maximum absolute atomic E-state index is 13.0. The average Bonchev–Trinajstić information content (AvgIpc) is 2.87. The predicted octanol–water partition coefficient (Wildman–Crippen LogP) is 3.66. The van der Waals surface area contributed by atoms with Gasteiger partial charge in [0.1, 0.15) is 17.4 Å². The van der Waals surface area contributed by atoms with Crippen LogP contribution in [0.2, 0.25) is 10.0 Å². The zero-order valence-electron chi connectivity index (χ0n) is 15.1. The van der Waals surface area contributed by atoms with Crippen molar-refractivity contribution < 1.29 is 21.6 Å². The normalized spacial score (nSPS) is 12.2. The van der Waals surface area contributed by atoms with Gasteiger partial charge >= 0.3 is 6.18 Å². The lowest BCUT2D eigenvalue weighted by Crippen LogP contribution is -2.11. The van der Waals surface area contributed by atoms with Crippen LogP contribution in [0.4, 0.5) is 24.7 Å². The standard InChI is InChI=1S/C15H13Cl2F3N6O2S/c1-25(2)7-22-14-12(24-29(3,27)28)11(6-21)23-26(14)13-9(16)4-8(5-10(13)17)15(18,19)20/h4-5,7,24H,1-3H3/b22-7+. The van der Waals surface area contributed by atoms with Gasteiger partial charge in [-0.25, -0.2) is 18.1 Å². The number of alkyl halides is 3. The Morgan fingerprint density at radius 2 is 1.86 bits per heavy atom. The Morgan fingerprint density at radius 3 is 2.28 bits per heavy atom. The molecular formula is C15H13Cl2F3N6O2S. The van der Waals surface area contributed by atoms with Gasteiger partial charge in [-0.2, -0.15) is 23.5 Å². The van der Waals surface area contributed by atoms with E-state index in [9.17, 15) is 26.9 Å². The van der Waals surface area contributed by atoms with Crippen LogP contribution in [-0.4, -0.2) is 49.8 Å². The smallest absolute Gasteiger partial charge is 0.369 e. The SMILES string of the molecule is CN(C)/C=N/c1c(NS(C)(=O)=O)c(C#N)nn1-c1c(Cl)cc(C(F)(F)F)cc1Cl. The number of hydrogen-bond donors (Lipinski definition) is 1. The summed E-state index contributed by atoms with van der Waals surface area (Å²) < 4.78 is 65.4. The number of hydrogen-bond acceptors (Lipinski definition) is 5. The first-order chi connectivity index (χ1) is 13.2. The fourth-order valence-corrected chi connectivity index (χ4v) is 3.35. The van der Waals surface area contributed by atoms with Crippen molar-refractivity contribution in [2.45, 2.75) is 6.18 Å². The van der Waals surface area contributed by atoms with E-state index in [1.807, 2.05) is 0 Å². The summed E-state index contributed by atoms with van der Waals surface area (Å²) in [5.74, 6) is -0.204. The number of nitriles is 1. The Hall–Kier alpha value is -2.49. The summed E-state index contributed by atoms with van der Waals surface area (Å²) in [6.07, 6.45) is -2.57. The number of rotatable bonds is 5. The van der Waals surface area contributed by atoms with Crippen LogP contribution in [0.25, 0.3) is 5.69 Å². The number of anilines is 1. The van der Waals surface area contributed by atoms with Gasteiger partial charge in [-0.1, -0.05) is 23.2 Å². The van der Waals surface area contributed by atoms with Crippen LogP contribution in [0.5, 0.6) is 0 Å². The van der Waals surface area contributed by atoms with E-state index in [1.165, 1.54) is 11.2 Å². The monoisotopic (exact) mass is 468 g/mol. The maximum Gasteiger partial charge on any atom is 0.416 e. The molecule has 0 saturated heterocycles. The minimum atomic E-state index is -4.69. The molecule has 2 aromatic rings. The van der Waals surface area contributed by atoms with Crippen molar-refractivity contribution in [2.24, 2.45) is 4.99 Å². The van der Waals surface area contributed by atoms with Crippen molar-refractivity contribution in [3.05, 3.63) is 33.4 Å². The number of nitrogens with one attached hydrogen (secondary N) is 1. The van der Waals surface area contributed by atoms with Gasteiger partial charge in [0.05, 0.1) is 28.2 Å². The lowest BCUT2D eigenvalue weighted by atomic mass is 10.2. The highest BCUT2D eigenvalue weighted by atomic mass is 35.5. The van der Waals surface area contributed by atoms with E-state index in [4.69, 9.17) is 23.2 Å². The van der Waals surface area contributed by atoms with E-state index in [0.29, 0.717) is 12.1 Å². The Balaban J connectivity index is 2.84. The second kappa shape index (κ2) is 8.10. The van der Waals surface area contributed by atoms with E-state index < -0.39 is 31.8 Å². The molecule has 14 heteroatoms. The van der Waals surface area contributed by atoms with Crippen molar-refractivity contribution in [3.8, 4) is 11.8 Å². The zero-order chi connectivity index (χ0) is 22.1. The minimum Gasteiger partial charge on any atom is -0.369 e. The molecule has 0 spiro atoms. The fourth-order valence-electron chi connectivity index (χ4n) is 2.14. The Morgan fingerprint density at radius 1 is 1.31 bits per heavy atom. The van der Waals surface area contributed by atoms with Crippen molar-refractivity contribution in [3.63, 3.8) is 0 Å². The minimum absolute atomic E-state index is 0.203. The first-order valence-corrected chi connectivity index (χ1v) is 10.2. The molecular weight excluding hydrogens is 456 g/mol. The molecule has 0 amide bonds. The lowest BCUT2D eigenvalue weighted by Gasteiger charge is -2.14. The van der Waals surface area contributed by atoms with Crippen LogP contribution < -0.4 is 4.72 Å². The average molecular weight is 469 g/mol. The van der Waals surface area contributed by atoms with Crippen LogP contribution in [0.15, 0.2) is 17.1 Å². The summed E-state index contributed by atoms with van der Waals surface area (Å²) in [6, 6.07) is 2.98. The number of nitrogens with zero attached hydrogens (tertiary/aromatic N) is 5. The third-order valence-corrected chi connectivity index (χ3v) is 4.37. The number of aliphatic imine (C=N–C) groups is 1. The number of aromatic nitrogens is 2. The van der Waals surface area contributed by atoms with Gasteiger partial charge in [0.25, 0.3) is 0 Å². The molecule has 0 fully saturated rings. The Bertz CT molecular complexity index is 1100. The quantitative estimate of drug-likeness (QED) is 0.532. The van der Waals surface area contributed by atoms with E-state index >= 15 is 0 Å². The topological polar surface area (TPSA) is 103 Å². The van der Waals surface area contributed by atoms with E-state index in [1.54, 1.807) is 20.2 Å². The number of benzene rings is 1. The molecule has 0 bridgehead atoms. The molecule has 8 nitrogen and oxygen atoms in total. The highest BCUT2D eigenvalue weighted by Gasteiger charge is 2.33. The van der Waals surface area contributed by atoms with Crippen LogP contribution in [0, 0.1) is 11.3 Å². The predicted molar refractivity (Wildman–Crippen MR) is 104 cm³/mol. The third-order valence-electron chi connectivity index (χ3n) is 3.22. The van der Waals surface area contributed by atoms with E-state index in [-0.39, 0.29) is 22.9 Å². The van der Waals surface area contributed by atoms with Gasteiger partial charge in [0.15, 0.2) is 11.5 Å². The first-order valence-electron chi connectivity index (χ1n) is 7.52. The highest BCUT2D eigenvalue weighted by molar-refractivity contribution is 7.92. The summed E-state index contributed by atoms with van der Waals surface area (Å²) in [6.45, 7) is 0. The summed E-state index contributed by atoms with van der Waals surface area (Å²) in [7, 11) is -0.598. The molecule has 0 aliphatic rings. The molecule has 1 aromatic carbocycles. The second-order valence-corrected chi connectivity index (χ2v) is 8.50. The molecule has 1 heterocycles. The van der Waals surface area contributed by atoms with E-state index in [2.05, 4.69) is 14.8 Å². The molecule has 0 atom stereocenters. The Kier molecular flexibility index (Phi) is 6.36. The highest BCUT2D eigenvalue weighted by Crippen LogP contribution is 2.41. The largest absolute Gasteiger partial charge is 0.416 e. The molecule has 0 unspecified atom stereocenters. The maximum atomic E-state index is 13.0. The molecule has 29 heavy (non-hydrogen) atoms. The van der Waals surface area contributed by atoms with Crippen LogP contribution in [0.3, 0.4) is 0 Å². The molecule has 0 aliphatic heterocycles. The first kappa shape index (κ1) is 22.8. The van der Waals surface area contributed by atoms with Crippen molar-refractivity contribution in [2.75, 3.05) is 25.1 Å². The van der Waals surface area contributed by atoms with Crippen molar-refractivity contribution >= 4 is 51.1 Å². The molecule has 0 radical (unpaired) electrons. The van der Waals surface area contributed by atoms with Crippen LogP contribution >= 0.6 is 23.2 Å². The molecule has 0 aliphatic carbocycles. The van der Waals surface area contributed by atoms with Gasteiger partial charge in [-0.05, 0) is 12.1 Å². The number of sulfonamides is 1. The molecule has 0 saturated carbocycles. The van der Waals surface area contributed by atoms with Crippen LogP contribution in [0.1, 0.15) is 11.3 Å². The lowest BCUT2D eigenvalue weighted by molar-refractivity contribution is -0.137. The van der Waals surface area contributed by atoms with Gasteiger partial charge in [-0.15, -0.1) is 0 Å². The van der Waals surface area contributed by atoms with Gasteiger partial charge < -0.3 is 4.90 Å². The van der Waals surface area contributed by atoms with Gasteiger partial charge in [0.2, 0.25) is 10.0 Å². The fraction of sp³-hybridized carbons (Fsp3) is 0.267. The summed E-state index contributed by atoms with van der Waals surface area (Å²) >= 11 is 12.0. The number of halogens is 5. The summed E-state index contributed by atoms with van der Waals surface area (Å²) in [5, 5.41) is 12.4. The van der Waals surface area contributed by atoms with Crippen molar-refractivity contribution in [1.82, 2.24) is 14.7 Å². The Labute approximate surface area is 174 Å². The van der Waals surface area contributed by atoms with Gasteiger partial charge in [0, 0.05) is 14.1 Å². The summed E-state index contributed by atoms with van der Waals surface area (Å²) in [4.78, 5) is 5.58. The molecule has 156 valence electrons. The third kappa shape index (κ3) is 5.31. The van der Waals surface area contributed by atoms with Gasteiger partial charge in [-0.3, -0.25) is 4.72 Å².